The fraction of sp³-hybridized carbons (Fsp3) is 0.318. The number of likely N-dealkylation sites (N-methyl/N-ethyl adjacent to an activating group) is 1. The second kappa shape index (κ2) is 8.96. The van der Waals surface area contributed by atoms with Gasteiger partial charge in [0.05, 0.1) is 25.8 Å². The maximum Gasteiger partial charge on any atom is 0.295 e. The van der Waals surface area contributed by atoms with Gasteiger partial charge in [-0.1, -0.05) is 6.07 Å². The number of hydrogen-bond donors (Lipinski definition) is 1. The lowest BCUT2D eigenvalue weighted by Crippen LogP contribution is -2.35. The molecular weight excluding hydrogens is 386 g/mol. The number of pyridine rings is 1. The Kier molecular flexibility index (Phi) is 6.37. The number of benzene rings is 1. The van der Waals surface area contributed by atoms with E-state index in [0.29, 0.717) is 35.7 Å². The summed E-state index contributed by atoms with van der Waals surface area (Å²) < 4.78 is 10.5. The predicted molar refractivity (Wildman–Crippen MR) is 111 cm³/mol. The van der Waals surface area contributed by atoms with Crippen LogP contribution in [0.3, 0.4) is 0 Å². The minimum absolute atomic E-state index is 0.0268. The lowest BCUT2D eigenvalue weighted by atomic mass is 9.96. The number of ketones is 1. The van der Waals surface area contributed by atoms with Crippen LogP contribution in [0.5, 0.6) is 11.5 Å². The number of hydrogen-bond acceptors (Lipinski definition) is 7. The molecule has 158 valence electrons. The zero-order valence-corrected chi connectivity index (χ0v) is 17.5. The van der Waals surface area contributed by atoms with Gasteiger partial charge in [-0.15, -0.1) is 0 Å². The van der Waals surface area contributed by atoms with Crippen molar-refractivity contribution < 1.29 is 24.2 Å². The van der Waals surface area contributed by atoms with Crippen molar-refractivity contribution in [2.45, 2.75) is 6.04 Å². The van der Waals surface area contributed by atoms with Gasteiger partial charge >= 0.3 is 0 Å². The Bertz CT molecular complexity index is 972. The number of likely N-dealkylation sites (tertiary alicyclic amines) is 1. The number of nitrogens with zero attached hydrogens (tertiary/aromatic N) is 3. The van der Waals surface area contributed by atoms with Gasteiger partial charge in [0.15, 0.2) is 11.5 Å². The smallest absolute Gasteiger partial charge is 0.295 e. The van der Waals surface area contributed by atoms with Crippen LogP contribution in [0, 0.1) is 0 Å². The number of methoxy groups -OCH3 is 2. The van der Waals surface area contributed by atoms with Crippen LogP contribution in [0.15, 0.2) is 48.3 Å². The van der Waals surface area contributed by atoms with E-state index in [1.54, 1.807) is 42.7 Å². The predicted octanol–water partition coefficient (Wildman–Crippen LogP) is 2.08. The zero-order chi connectivity index (χ0) is 21.8. The van der Waals surface area contributed by atoms with Crippen LogP contribution in [0.25, 0.3) is 5.76 Å². The van der Waals surface area contributed by atoms with Crippen LogP contribution < -0.4 is 9.47 Å². The summed E-state index contributed by atoms with van der Waals surface area (Å²) >= 11 is 0. The van der Waals surface area contributed by atoms with E-state index in [4.69, 9.17) is 9.47 Å². The number of ether oxygens (including phenoxy) is 2. The maximum atomic E-state index is 12.9. The molecule has 0 radical (unpaired) electrons. The number of aliphatic hydroxyl groups is 1. The Morgan fingerprint density at radius 2 is 1.90 bits per heavy atom. The summed E-state index contributed by atoms with van der Waals surface area (Å²) in [6.07, 6.45) is 3.21. The molecule has 0 bridgehead atoms. The molecule has 0 aliphatic carbocycles. The first-order valence-corrected chi connectivity index (χ1v) is 9.44. The average Bonchev–Trinajstić information content (AvgIpc) is 3.01. The number of carbonyl (C=O) groups excluding carboxylic acids is 2. The average molecular weight is 411 g/mol. The quantitative estimate of drug-likeness (QED) is 0.424. The molecule has 30 heavy (non-hydrogen) atoms. The maximum absolute atomic E-state index is 12.9. The molecule has 3 rings (SSSR count). The van der Waals surface area contributed by atoms with Crippen LogP contribution in [0.1, 0.15) is 17.2 Å². The number of aliphatic hydroxyl groups excluding tert-OH is 1. The lowest BCUT2D eigenvalue weighted by Gasteiger charge is -2.26. The molecule has 8 nitrogen and oxygen atoms in total. The highest BCUT2D eigenvalue weighted by Crippen LogP contribution is 2.40. The summed E-state index contributed by atoms with van der Waals surface area (Å²) in [5.74, 6) is -0.747. The van der Waals surface area contributed by atoms with Crippen molar-refractivity contribution in [3.05, 3.63) is 59.4 Å². The third-order valence-electron chi connectivity index (χ3n) is 4.99. The van der Waals surface area contributed by atoms with E-state index in [9.17, 15) is 14.7 Å². The van der Waals surface area contributed by atoms with Crippen LogP contribution >= 0.6 is 0 Å². The minimum Gasteiger partial charge on any atom is -0.507 e. The monoisotopic (exact) mass is 411 g/mol. The van der Waals surface area contributed by atoms with Gasteiger partial charge in [0.25, 0.3) is 11.7 Å². The Morgan fingerprint density at radius 1 is 1.17 bits per heavy atom. The molecule has 1 aliphatic rings. The van der Waals surface area contributed by atoms with Crippen LogP contribution in [-0.4, -0.2) is 73.0 Å². The van der Waals surface area contributed by atoms with E-state index in [1.807, 2.05) is 19.0 Å². The summed E-state index contributed by atoms with van der Waals surface area (Å²) in [5, 5.41) is 11.1. The highest BCUT2D eigenvalue weighted by Gasteiger charge is 2.46. The van der Waals surface area contributed by atoms with Crippen LogP contribution in [-0.2, 0) is 9.59 Å². The highest BCUT2D eigenvalue weighted by atomic mass is 16.5. The van der Waals surface area contributed by atoms with Crippen LogP contribution in [0.2, 0.25) is 0 Å². The molecule has 1 fully saturated rings. The second-order valence-electron chi connectivity index (χ2n) is 7.15. The first-order valence-electron chi connectivity index (χ1n) is 9.44. The number of carbonyl (C=O) groups is 2. The molecule has 1 atom stereocenters. The fourth-order valence-corrected chi connectivity index (χ4v) is 3.44. The molecule has 1 amide bonds. The van der Waals surface area contributed by atoms with Crippen molar-refractivity contribution in [2.75, 3.05) is 41.4 Å². The summed E-state index contributed by atoms with van der Waals surface area (Å²) in [4.78, 5) is 33.3. The molecule has 2 heterocycles. The SMILES string of the molecule is COc1ccc(C(O)=C2C(=O)C(=O)N(CCN(C)C)[C@@H]2c2cccnc2)cc1OC. The van der Waals surface area contributed by atoms with Gasteiger partial charge in [-0.3, -0.25) is 14.6 Å². The topological polar surface area (TPSA) is 92.2 Å². The lowest BCUT2D eigenvalue weighted by molar-refractivity contribution is -0.140. The molecule has 8 heteroatoms. The van der Waals surface area contributed by atoms with Gasteiger partial charge in [-0.25, -0.2) is 0 Å². The van der Waals surface area contributed by atoms with E-state index >= 15 is 0 Å². The van der Waals surface area contributed by atoms with Crippen LogP contribution in [0.4, 0.5) is 0 Å². The third-order valence-corrected chi connectivity index (χ3v) is 4.99. The van der Waals surface area contributed by atoms with Crippen molar-refractivity contribution in [1.29, 1.82) is 0 Å². The molecule has 0 spiro atoms. The zero-order valence-electron chi connectivity index (χ0n) is 17.5. The number of aromatic nitrogens is 1. The number of rotatable bonds is 7. The molecule has 1 N–H and O–H groups in total. The van der Waals surface area contributed by atoms with Gasteiger partial charge < -0.3 is 24.4 Å². The number of Topliss-reactive ketones (excluding diaryl/α,β-unsaturated/α-hetero) is 1. The summed E-state index contributed by atoms with van der Waals surface area (Å²) in [5.41, 5.74) is 1.03. The summed E-state index contributed by atoms with van der Waals surface area (Å²) in [7, 11) is 6.77. The summed E-state index contributed by atoms with van der Waals surface area (Å²) in [6, 6.07) is 7.61. The minimum atomic E-state index is -0.730. The largest absolute Gasteiger partial charge is 0.507 e. The van der Waals surface area contributed by atoms with Gasteiger partial charge in [0.1, 0.15) is 5.76 Å². The molecular formula is C22H25N3O5. The van der Waals surface area contributed by atoms with Gasteiger partial charge in [0, 0.05) is 31.0 Å². The van der Waals surface area contributed by atoms with E-state index < -0.39 is 17.7 Å². The van der Waals surface area contributed by atoms with E-state index in [-0.39, 0.29) is 11.3 Å². The molecule has 0 unspecified atom stereocenters. The Balaban J connectivity index is 2.14. The molecule has 0 saturated carbocycles. The van der Waals surface area contributed by atoms with E-state index in [2.05, 4.69) is 4.98 Å². The highest BCUT2D eigenvalue weighted by molar-refractivity contribution is 6.46. The van der Waals surface area contributed by atoms with E-state index in [1.165, 1.54) is 19.1 Å². The Morgan fingerprint density at radius 3 is 2.50 bits per heavy atom. The Labute approximate surface area is 175 Å². The second-order valence-corrected chi connectivity index (χ2v) is 7.15. The van der Waals surface area contributed by atoms with E-state index in [0.717, 1.165) is 0 Å². The standard InChI is InChI=1S/C22H25N3O5/c1-24(2)10-11-25-19(15-6-5-9-23-13-15)18(21(27)22(25)28)20(26)14-7-8-16(29-3)17(12-14)30-4/h5-9,12-13,19,26H,10-11H2,1-4H3/t19-/m1/s1. The molecule has 1 saturated heterocycles. The molecule has 1 aliphatic heterocycles. The van der Waals surface area contributed by atoms with Crippen molar-refractivity contribution in [3.63, 3.8) is 0 Å². The van der Waals surface area contributed by atoms with Crippen molar-refractivity contribution in [3.8, 4) is 11.5 Å². The third kappa shape index (κ3) is 3.99. The fourth-order valence-electron chi connectivity index (χ4n) is 3.44. The summed E-state index contributed by atoms with van der Waals surface area (Å²) in [6.45, 7) is 0.903. The normalized spacial score (nSPS) is 18.2. The van der Waals surface area contributed by atoms with Crippen molar-refractivity contribution >= 4 is 17.4 Å². The molecule has 2 aromatic rings. The molecule has 1 aromatic heterocycles. The molecule has 1 aromatic carbocycles. The van der Waals surface area contributed by atoms with Gasteiger partial charge in [0.2, 0.25) is 0 Å². The first kappa shape index (κ1) is 21.3. The van der Waals surface area contributed by atoms with Crippen molar-refractivity contribution in [1.82, 2.24) is 14.8 Å². The van der Waals surface area contributed by atoms with Crippen molar-refractivity contribution in [2.24, 2.45) is 0 Å². The Hall–Kier alpha value is -3.39. The number of amides is 1. The first-order chi connectivity index (χ1) is 14.4. The van der Waals surface area contributed by atoms with Gasteiger partial charge in [-0.2, -0.15) is 0 Å². The van der Waals surface area contributed by atoms with Gasteiger partial charge in [-0.05, 0) is 43.9 Å².